The van der Waals surface area contributed by atoms with Gasteiger partial charge in [-0.1, -0.05) is 16.8 Å². The molecule has 1 aliphatic heterocycles. The van der Waals surface area contributed by atoms with Gasteiger partial charge in [0.25, 0.3) is 5.06 Å². The normalized spacial score (nSPS) is 32.5. The Labute approximate surface area is 97.5 Å². The van der Waals surface area contributed by atoms with Gasteiger partial charge in [-0.05, 0) is 13.8 Å². The lowest BCUT2D eigenvalue weighted by molar-refractivity contribution is -0.143. The van der Waals surface area contributed by atoms with Gasteiger partial charge in [-0.25, -0.2) is 4.79 Å². The number of hydrogen-bond acceptors (Lipinski definition) is 5. The van der Waals surface area contributed by atoms with Crippen molar-refractivity contribution in [2.45, 2.75) is 31.1 Å². The summed E-state index contributed by atoms with van der Waals surface area (Å²) >= 11 is 6.02. The molecule has 2 rings (SSSR count). The number of aromatic nitrogens is 3. The third-order valence-electron chi connectivity index (χ3n) is 2.72. The van der Waals surface area contributed by atoms with Crippen LogP contribution < -0.4 is 0 Å². The molecule has 7 heteroatoms. The number of nitrogens with zero attached hydrogens (tertiary/aromatic N) is 3. The quantitative estimate of drug-likeness (QED) is 0.444. The van der Waals surface area contributed by atoms with Crippen LogP contribution in [0.25, 0.3) is 0 Å². The van der Waals surface area contributed by atoms with Crippen molar-refractivity contribution in [1.29, 1.82) is 0 Å². The highest BCUT2D eigenvalue weighted by molar-refractivity contribution is 6.35. The summed E-state index contributed by atoms with van der Waals surface area (Å²) in [5.74, 6) is -0.622. The number of carbonyl (C=O) groups is 1. The number of aryl methyl sites for hydroxylation is 1. The molecule has 0 aromatic carbocycles. The van der Waals surface area contributed by atoms with Gasteiger partial charge in [-0.15, -0.1) is 5.10 Å². The van der Waals surface area contributed by atoms with E-state index in [1.807, 2.05) is 6.92 Å². The van der Waals surface area contributed by atoms with Gasteiger partial charge >= 0.3 is 5.97 Å². The molecule has 0 bridgehead atoms. The van der Waals surface area contributed by atoms with Crippen molar-refractivity contribution >= 4 is 17.6 Å². The minimum Gasteiger partial charge on any atom is -0.466 e. The zero-order valence-electron chi connectivity index (χ0n) is 9.23. The molecule has 0 amide bonds. The maximum absolute atomic E-state index is 11.4. The lowest BCUT2D eigenvalue weighted by Crippen LogP contribution is -2.27. The average molecular weight is 246 g/mol. The molecule has 1 aromatic rings. The van der Waals surface area contributed by atoms with Crippen LogP contribution >= 0.6 is 11.6 Å². The third-order valence-corrected chi connectivity index (χ3v) is 3.31. The van der Waals surface area contributed by atoms with Crippen LogP contribution in [-0.2, 0) is 26.4 Å². The Morgan fingerprint density at radius 3 is 2.94 bits per heavy atom. The number of hydrogen-bond donors (Lipinski definition) is 0. The number of ether oxygens (including phenoxy) is 2. The predicted molar refractivity (Wildman–Crippen MR) is 54.7 cm³/mol. The summed E-state index contributed by atoms with van der Waals surface area (Å²) in [7, 11) is 1.26. The van der Waals surface area contributed by atoms with Gasteiger partial charge in [0.15, 0.2) is 5.60 Å². The highest BCUT2D eigenvalue weighted by Crippen LogP contribution is 2.58. The van der Waals surface area contributed by atoms with Crippen molar-refractivity contribution in [1.82, 2.24) is 15.0 Å². The number of epoxide rings is 1. The first-order chi connectivity index (χ1) is 7.48. The molecule has 16 heavy (non-hydrogen) atoms. The van der Waals surface area contributed by atoms with Crippen molar-refractivity contribution in [3.05, 3.63) is 11.9 Å². The van der Waals surface area contributed by atoms with Crippen LogP contribution in [0, 0.1) is 0 Å². The minimum absolute atomic E-state index is 0.523. The van der Waals surface area contributed by atoms with Gasteiger partial charge in [0.05, 0.1) is 13.3 Å². The Morgan fingerprint density at radius 1 is 1.75 bits per heavy atom. The molecule has 0 spiro atoms. The SMILES string of the molecule is CCn1cc(C2(C)OC2(Cl)C(=O)OC)nn1. The van der Waals surface area contributed by atoms with Crippen LogP contribution in [0.5, 0.6) is 0 Å². The van der Waals surface area contributed by atoms with E-state index in [9.17, 15) is 4.79 Å². The molecule has 0 N–H and O–H groups in total. The fraction of sp³-hybridized carbons (Fsp3) is 0.667. The molecule has 6 nitrogen and oxygen atoms in total. The largest absolute Gasteiger partial charge is 0.466 e. The molecule has 0 aliphatic carbocycles. The summed E-state index contributed by atoms with van der Waals surface area (Å²) in [5.41, 5.74) is -0.440. The fourth-order valence-corrected chi connectivity index (χ4v) is 1.84. The van der Waals surface area contributed by atoms with Gasteiger partial charge in [-0.3, -0.25) is 4.68 Å². The van der Waals surface area contributed by atoms with Crippen molar-refractivity contribution in [2.24, 2.45) is 0 Å². The second-order valence-corrected chi connectivity index (χ2v) is 4.21. The third kappa shape index (κ3) is 1.33. The van der Waals surface area contributed by atoms with Crippen LogP contribution in [0.4, 0.5) is 0 Å². The lowest BCUT2D eigenvalue weighted by atomic mass is 10.0. The number of alkyl halides is 1. The predicted octanol–water partition coefficient (Wildman–Crippen LogP) is 0.651. The average Bonchev–Trinajstić information content (AvgIpc) is 2.72. The van der Waals surface area contributed by atoms with E-state index >= 15 is 0 Å². The van der Waals surface area contributed by atoms with E-state index in [0.29, 0.717) is 12.2 Å². The zero-order valence-corrected chi connectivity index (χ0v) is 9.98. The van der Waals surface area contributed by atoms with Crippen molar-refractivity contribution in [3.63, 3.8) is 0 Å². The topological polar surface area (TPSA) is 69.5 Å². The smallest absolute Gasteiger partial charge is 0.357 e. The monoisotopic (exact) mass is 245 g/mol. The Balaban J connectivity index is 2.26. The second kappa shape index (κ2) is 3.43. The number of rotatable bonds is 3. The second-order valence-electron chi connectivity index (χ2n) is 3.68. The first kappa shape index (κ1) is 11.3. The van der Waals surface area contributed by atoms with Crippen molar-refractivity contribution < 1.29 is 14.3 Å². The molecule has 1 aliphatic rings. The van der Waals surface area contributed by atoms with Gasteiger partial charge in [0, 0.05) is 6.54 Å². The van der Waals surface area contributed by atoms with Crippen molar-refractivity contribution in [3.8, 4) is 0 Å². The summed E-state index contributed by atoms with van der Waals surface area (Å²) in [6.07, 6.45) is 1.70. The van der Waals surface area contributed by atoms with E-state index in [0.717, 1.165) is 0 Å². The number of carbonyl (C=O) groups excluding carboxylic acids is 1. The molecule has 2 atom stereocenters. The Kier molecular flexibility index (Phi) is 2.43. The van der Waals surface area contributed by atoms with E-state index in [1.54, 1.807) is 17.8 Å². The Hall–Kier alpha value is -1.14. The van der Waals surface area contributed by atoms with Gasteiger partial charge < -0.3 is 9.47 Å². The first-order valence-corrected chi connectivity index (χ1v) is 5.24. The summed E-state index contributed by atoms with van der Waals surface area (Å²) in [6, 6.07) is 0. The molecule has 1 saturated heterocycles. The van der Waals surface area contributed by atoms with E-state index in [4.69, 9.17) is 16.3 Å². The van der Waals surface area contributed by atoms with E-state index < -0.39 is 16.6 Å². The van der Waals surface area contributed by atoms with Crippen LogP contribution in [0.2, 0.25) is 0 Å². The van der Waals surface area contributed by atoms with Crippen LogP contribution in [0.3, 0.4) is 0 Å². The van der Waals surface area contributed by atoms with Gasteiger partial charge in [0.1, 0.15) is 5.69 Å². The zero-order chi connectivity index (χ0) is 12.0. The van der Waals surface area contributed by atoms with E-state index in [2.05, 4.69) is 15.0 Å². The maximum atomic E-state index is 11.4. The minimum atomic E-state index is -1.48. The first-order valence-electron chi connectivity index (χ1n) is 4.86. The molecule has 88 valence electrons. The number of halogens is 1. The van der Waals surface area contributed by atoms with Crippen LogP contribution in [0.15, 0.2) is 6.20 Å². The van der Waals surface area contributed by atoms with E-state index in [1.165, 1.54) is 7.11 Å². The van der Waals surface area contributed by atoms with E-state index in [-0.39, 0.29) is 0 Å². The van der Waals surface area contributed by atoms with Crippen LogP contribution in [-0.4, -0.2) is 33.1 Å². The highest BCUT2D eigenvalue weighted by Gasteiger charge is 2.75. The summed E-state index contributed by atoms with van der Waals surface area (Å²) in [5, 5.41) is 6.32. The number of methoxy groups -OCH3 is 1. The molecule has 2 heterocycles. The van der Waals surface area contributed by atoms with Crippen molar-refractivity contribution in [2.75, 3.05) is 7.11 Å². The highest BCUT2D eigenvalue weighted by atomic mass is 35.5. The Bertz CT molecular complexity index is 435. The van der Waals surface area contributed by atoms with Crippen LogP contribution in [0.1, 0.15) is 19.5 Å². The standard InChI is InChI=1S/C9H12ClN3O3/c1-4-13-5-6(11-12-13)8(2)9(10,16-8)7(14)15-3/h5H,4H2,1-3H3. The van der Waals surface area contributed by atoms with Gasteiger partial charge in [0.2, 0.25) is 0 Å². The Morgan fingerprint density at radius 2 is 2.44 bits per heavy atom. The molecular weight excluding hydrogens is 234 g/mol. The summed E-state index contributed by atoms with van der Waals surface area (Å²) in [6.45, 7) is 4.31. The molecule has 0 radical (unpaired) electrons. The molecule has 0 saturated carbocycles. The summed E-state index contributed by atoms with van der Waals surface area (Å²) in [4.78, 5) is 11.4. The molecule has 1 aromatic heterocycles. The number of esters is 1. The molecular formula is C9H12ClN3O3. The fourth-order valence-electron chi connectivity index (χ4n) is 1.51. The summed E-state index contributed by atoms with van der Waals surface area (Å²) < 4.78 is 11.5. The van der Waals surface area contributed by atoms with Gasteiger partial charge in [-0.2, -0.15) is 0 Å². The maximum Gasteiger partial charge on any atom is 0.357 e. The molecule has 1 fully saturated rings. The molecule has 2 unspecified atom stereocenters. The lowest BCUT2D eigenvalue weighted by Gasteiger charge is -2.05.